The van der Waals surface area contributed by atoms with Crippen LogP contribution in [0.3, 0.4) is 0 Å². The minimum absolute atomic E-state index is 0.0324. The molecule has 3 N–H and O–H groups in total. The number of carbonyl (C=O) groups excluding carboxylic acids is 2. The van der Waals surface area contributed by atoms with Crippen molar-refractivity contribution in [2.24, 2.45) is 0 Å². The molecule has 2 amide bonds. The molecule has 1 aromatic carbocycles. The number of amides is 2. The van der Waals surface area contributed by atoms with Gasteiger partial charge < -0.3 is 20.7 Å². The summed E-state index contributed by atoms with van der Waals surface area (Å²) in [4.78, 5) is 23.2. The van der Waals surface area contributed by atoms with Crippen LogP contribution in [0.4, 0.5) is 11.4 Å². The molecule has 0 saturated carbocycles. The maximum Gasteiger partial charge on any atom is 0.262 e. The van der Waals surface area contributed by atoms with Crippen LogP contribution >= 0.6 is 0 Å². The van der Waals surface area contributed by atoms with Gasteiger partial charge in [0.25, 0.3) is 5.91 Å². The van der Waals surface area contributed by atoms with E-state index in [1.54, 1.807) is 18.2 Å². The topological polar surface area (TPSA) is 79.5 Å². The lowest BCUT2D eigenvalue weighted by Gasteiger charge is -2.19. The van der Waals surface area contributed by atoms with Gasteiger partial charge in [-0.25, -0.2) is 0 Å². The smallest absolute Gasteiger partial charge is 0.262 e. The zero-order chi connectivity index (χ0) is 13.2. The molecule has 0 bridgehead atoms. The zero-order valence-electron chi connectivity index (χ0n) is 10.4. The summed E-state index contributed by atoms with van der Waals surface area (Å²) in [6, 6.07) is 5.09. The van der Waals surface area contributed by atoms with Gasteiger partial charge in [0.1, 0.15) is 5.75 Å². The van der Waals surface area contributed by atoms with E-state index in [9.17, 15) is 9.59 Å². The summed E-state index contributed by atoms with van der Waals surface area (Å²) in [6.45, 7) is 0.914. The predicted molar refractivity (Wildman–Crippen MR) is 70.2 cm³/mol. The van der Waals surface area contributed by atoms with Crippen molar-refractivity contribution in [3.8, 4) is 5.75 Å². The fourth-order valence-electron chi connectivity index (χ4n) is 2.30. The first-order valence-electron chi connectivity index (χ1n) is 6.33. The molecule has 19 heavy (non-hydrogen) atoms. The molecule has 100 valence electrons. The number of hydrogen-bond acceptors (Lipinski definition) is 4. The van der Waals surface area contributed by atoms with Gasteiger partial charge in [-0.2, -0.15) is 0 Å². The van der Waals surface area contributed by atoms with E-state index in [0.717, 1.165) is 19.4 Å². The highest BCUT2D eigenvalue weighted by Gasteiger charge is 2.22. The van der Waals surface area contributed by atoms with Gasteiger partial charge in [0, 0.05) is 5.69 Å². The van der Waals surface area contributed by atoms with Crippen LogP contribution in [0.15, 0.2) is 18.2 Å². The van der Waals surface area contributed by atoms with Crippen molar-refractivity contribution in [1.29, 1.82) is 0 Å². The predicted octanol–water partition coefficient (Wildman–Crippen LogP) is 0.708. The lowest BCUT2D eigenvalue weighted by Crippen LogP contribution is -2.35. The molecule has 6 nitrogen and oxygen atoms in total. The van der Waals surface area contributed by atoms with Gasteiger partial charge in [-0.15, -0.1) is 0 Å². The van der Waals surface area contributed by atoms with Crippen LogP contribution in [0.5, 0.6) is 5.75 Å². The molecule has 0 aliphatic carbocycles. The molecule has 2 aliphatic rings. The Kier molecular flexibility index (Phi) is 3.08. The summed E-state index contributed by atoms with van der Waals surface area (Å²) < 4.78 is 5.26. The molecule has 1 atom stereocenters. The minimum Gasteiger partial charge on any atom is -0.482 e. The first-order valence-corrected chi connectivity index (χ1v) is 6.33. The molecule has 2 aliphatic heterocycles. The van der Waals surface area contributed by atoms with Crippen molar-refractivity contribution in [3.63, 3.8) is 0 Å². The second kappa shape index (κ2) is 4.89. The molecule has 6 heteroatoms. The lowest BCUT2D eigenvalue weighted by molar-refractivity contribution is -0.119. The monoisotopic (exact) mass is 261 g/mol. The molecular weight excluding hydrogens is 246 g/mol. The number of rotatable bonds is 2. The van der Waals surface area contributed by atoms with Gasteiger partial charge in [-0.3, -0.25) is 9.59 Å². The maximum atomic E-state index is 12.0. The molecule has 0 aromatic heterocycles. The SMILES string of the molecule is O=C1COc2ccc(NC(=O)C3CCCN3)cc2N1. The Hall–Kier alpha value is -2.08. The van der Waals surface area contributed by atoms with E-state index in [2.05, 4.69) is 16.0 Å². The van der Waals surface area contributed by atoms with E-state index in [1.807, 2.05) is 0 Å². The van der Waals surface area contributed by atoms with Crippen molar-refractivity contribution in [2.45, 2.75) is 18.9 Å². The highest BCUT2D eigenvalue weighted by Crippen LogP contribution is 2.30. The Morgan fingerprint density at radius 2 is 2.32 bits per heavy atom. The minimum atomic E-state index is -0.187. The summed E-state index contributed by atoms with van der Waals surface area (Å²) in [5, 5.41) is 8.69. The van der Waals surface area contributed by atoms with Gasteiger partial charge >= 0.3 is 0 Å². The summed E-state index contributed by atoms with van der Waals surface area (Å²) >= 11 is 0. The number of nitrogens with one attached hydrogen (secondary N) is 3. The lowest BCUT2D eigenvalue weighted by atomic mass is 10.2. The van der Waals surface area contributed by atoms with Crippen LogP contribution in [0.25, 0.3) is 0 Å². The fraction of sp³-hybridized carbons (Fsp3) is 0.385. The number of hydrogen-bond donors (Lipinski definition) is 3. The Labute approximate surface area is 110 Å². The standard InChI is InChI=1S/C13H15N3O3/c17-12-7-19-11-4-3-8(6-10(11)16-12)15-13(18)9-2-1-5-14-9/h3-4,6,9,14H,1-2,5,7H2,(H,15,18)(H,16,17). The third-order valence-electron chi connectivity index (χ3n) is 3.26. The van der Waals surface area contributed by atoms with Gasteiger partial charge in [0.15, 0.2) is 6.61 Å². The zero-order valence-corrected chi connectivity index (χ0v) is 10.4. The van der Waals surface area contributed by atoms with Crippen molar-refractivity contribution < 1.29 is 14.3 Å². The van der Waals surface area contributed by atoms with Crippen molar-refractivity contribution >= 4 is 23.2 Å². The summed E-state index contributed by atoms with van der Waals surface area (Å²) in [7, 11) is 0. The van der Waals surface area contributed by atoms with Crippen molar-refractivity contribution in [1.82, 2.24) is 5.32 Å². The van der Waals surface area contributed by atoms with Crippen LogP contribution < -0.4 is 20.7 Å². The summed E-state index contributed by atoms with van der Waals surface area (Å²) in [5.74, 6) is 0.394. The molecule has 1 unspecified atom stereocenters. The number of ether oxygens (including phenoxy) is 1. The molecule has 0 radical (unpaired) electrons. The van der Waals surface area contributed by atoms with E-state index in [1.165, 1.54) is 0 Å². The Bertz CT molecular complexity index is 524. The second-order valence-corrected chi connectivity index (χ2v) is 4.69. The first kappa shape index (κ1) is 12.0. The maximum absolute atomic E-state index is 12.0. The molecule has 3 rings (SSSR count). The van der Waals surface area contributed by atoms with Crippen LogP contribution in [-0.4, -0.2) is 31.0 Å². The highest BCUT2D eigenvalue weighted by molar-refractivity contribution is 5.98. The fourth-order valence-corrected chi connectivity index (χ4v) is 2.30. The number of benzene rings is 1. The molecule has 1 saturated heterocycles. The van der Waals surface area contributed by atoms with Gasteiger partial charge in [0.2, 0.25) is 5.91 Å². The van der Waals surface area contributed by atoms with E-state index in [-0.39, 0.29) is 24.5 Å². The van der Waals surface area contributed by atoms with Crippen LogP contribution in [0.1, 0.15) is 12.8 Å². The van der Waals surface area contributed by atoms with E-state index >= 15 is 0 Å². The molecule has 1 fully saturated rings. The van der Waals surface area contributed by atoms with E-state index < -0.39 is 0 Å². The summed E-state index contributed by atoms with van der Waals surface area (Å²) in [5.41, 5.74) is 1.25. The largest absolute Gasteiger partial charge is 0.482 e. The van der Waals surface area contributed by atoms with Crippen molar-refractivity contribution in [2.75, 3.05) is 23.8 Å². The van der Waals surface area contributed by atoms with E-state index in [0.29, 0.717) is 17.1 Å². The van der Waals surface area contributed by atoms with Crippen LogP contribution in [0.2, 0.25) is 0 Å². The highest BCUT2D eigenvalue weighted by atomic mass is 16.5. The molecule has 2 heterocycles. The van der Waals surface area contributed by atoms with Crippen LogP contribution in [-0.2, 0) is 9.59 Å². The Balaban J connectivity index is 1.73. The normalized spacial score (nSPS) is 21.3. The summed E-state index contributed by atoms with van der Waals surface area (Å²) in [6.07, 6.45) is 1.88. The quantitative estimate of drug-likeness (QED) is 0.732. The van der Waals surface area contributed by atoms with Gasteiger partial charge in [0.05, 0.1) is 11.7 Å². The average Bonchev–Trinajstić information content (AvgIpc) is 2.92. The Morgan fingerprint density at radius 3 is 3.11 bits per heavy atom. The molecule has 1 aromatic rings. The van der Waals surface area contributed by atoms with E-state index in [4.69, 9.17) is 4.74 Å². The first-order chi connectivity index (χ1) is 9.22. The third-order valence-corrected chi connectivity index (χ3v) is 3.26. The molecular formula is C13H15N3O3. The Morgan fingerprint density at radius 1 is 1.42 bits per heavy atom. The van der Waals surface area contributed by atoms with Crippen molar-refractivity contribution in [3.05, 3.63) is 18.2 Å². The van der Waals surface area contributed by atoms with Crippen LogP contribution in [0, 0.1) is 0 Å². The van der Waals surface area contributed by atoms with Gasteiger partial charge in [-0.1, -0.05) is 0 Å². The number of fused-ring (bicyclic) bond motifs is 1. The second-order valence-electron chi connectivity index (χ2n) is 4.69. The number of carbonyl (C=O) groups is 2. The number of anilines is 2. The average molecular weight is 261 g/mol. The molecule has 0 spiro atoms. The third kappa shape index (κ3) is 2.53. The van der Waals surface area contributed by atoms with Gasteiger partial charge in [-0.05, 0) is 37.6 Å².